The summed E-state index contributed by atoms with van der Waals surface area (Å²) in [5.74, 6) is -0.271. The summed E-state index contributed by atoms with van der Waals surface area (Å²) in [6.45, 7) is 2.07. The van der Waals surface area contributed by atoms with Gasteiger partial charge in [0.15, 0.2) is 5.69 Å². The second-order valence-electron chi connectivity index (χ2n) is 5.83. The monoisotopic (exact) mass is 406 g/mol. The minimum absolute atomic E-state index is 0.271. The Balaban J connectivity index is 1.58. The van der Waals surface area contributed by atoms with Crippen molar-refractivity contribution in [3.8, 4) is 0 Å². The first kappa shape index (κ1) is 17.4. The van der Waals surface area contributed by atoms with Gasteiger partial charge in [0.2, 0.25) is 0 Å². The molecule has 10 heteroatoms. The van der Waals surface area contributed by atoms with E-state index in [1.165, 1.54) is 0 Å². The fourth-order valence-corrected chi connectivity index (χ4v) is 2.50. The van der Waals surface area contributed by atoms with E-state index in [1.807, 2.05) is 20.3 Å². The lowest BCUT2D eigenvalue weighted by molar-refractivity contribution is 0.102. The lowest BCUT2D eigenvalue weighted by Gasteiger charge is -2.08. The van der Waals surface area contributed by atoms with Gasteiger partial charge in [-0.1, -0.05) is 0 Å². The zero-order valence-corrected chi connectivity index (χ0v) is 15.6. The SMILES string of the molecule is CN(C)CCn1cc(NC(=O)c2ccn(Cn3cc(Br)cn3)n2)cn1. The molecular formula is C15H19BrN8O. The van der Waals surface area contributed by atoms with Crippen molar-refractivity contribution in [2.75, 3.05) is 26.0 Å². The Morgan fingerprint density at radius 2 is 2.00 bits per heavy atom. The molecule has 0 aliphatic rings. The number of nitrogens with one attached hydrogen (secondary N) is 1. The maximum Gasteiger partial charge on any atom is 0.276 e. The highest BCUT2D eigenvalue weighted by atomic mass is 79.9. The van der Waals surface area contributed by atoms with E-state index in [1.54, 1.807) is 44.9 Å². The Kier molecular flexibility index (Phi) is 5.29. The van der Waals surface area contributed by atoms with Gasteiger partial charge in [0.1, 0.15) is 6.67 Å². The van der Waals surface area contributed by atoms with Crippen molar-refractivity contribution in [3.63, 3.8) is 0 Å². The van der Waals surface area contributed by atoms with Gasteiger partial charge >= 0.3 is 0 Å². The van der Waals surface area contributed by atoms with Crippen LogP contribution in [0.15, 0.2) is 41.5 Å². The molecule has 0 unspecified atom stereocenters. The maximum atomic E-state index is 12.3. The molecule has 0 fully saturated rings. The zero-order chi connectivity index (χ0) is 17.8. The smallest absolute Gasteiger partial charge is 0.276 e. The van der Waals surface area contributed by atoms with Crippen LogP contribution in [0.5, 0.6) is 0 Å². The normalized spacial score (nSPS) is 11.2. The molecule has 3 rings (SSSR count). The van der Waals surface area contributed by atoms with Gasteiger partial charge in [0.25, 0.3) is 5.91 Å². The quantitative estimate of drug-likeness (QED) is 0.639. The minimum atomic E-state index is -0.271. The van der Waals surface area contributed by atoms with Crippen LogP contribution in [0.3, 0.4) is 0 Å². The van der Waals surface area contributed by atoms with Crippen molar-refractivity contribution in [3.05, 3.63) is 47.2 Å². The van der Waals surface area contributed by atoms with E-state index in [2.05, 4.69) is 41.4 Å². The fourth-order valence-electron chi connectivity index (χ4n) is 2.17. The van der Waals surface area contributed by atoms with Crippen LogP contribution in [0.1, 0.15) is 10.5 Å². The summed E-state index contributed by atoms with van der Waals surface area (Å²) in [6, 6.07) is 1.67. The highest BCUT2D eigenvalue weighted by Crippen LogP contribution is 2.09. The summed E-state index contributed by atoms with van der Waals surface area (Å²) in [6.07, 6.45) is 8.71. The molecule has 0 saturated heterocycles. The van der Waals surface area contributed by atoms with E-state index >= 15 is 0 Å². The molecular weight excluding hydrogens is 388 g/mol. The molecule has 3 aromatic rings. The topological polar surface area (TPSA) is 85.8 Å². The third kappa shape index (κ3) is 4.77. The van der Waals surface area contributed by atoms with Gasteiger partial charge in [-0.05, 0) is 36.1 Å². The molecule has 0 aliphatic heterocycles. The Morgan fingerprint density at radius 3 is 2.72 bits per heavy atom. The summed E-state index contributed by atoms with van der Waals surface area (Å²) in [5.41, 5.74) is 0.988. The van der Waals surface area contributed by atoms with E-state index < -0.39 is 0 Å². The first-order chi connectivity index (χ1) is 12.0. The number of nitrogens with zero attached hydrogens (tertiary/aromatic N) is 7. The molecule has 0 saturated carbocycles. The number of anilines is 1. The highest BCUT2D eigenvalue weighted by Gasteiger charge is 2.11. The second kappa shape index (κ2) is 7.62. The molecule has 0 spiro atoms. The number of aromatic nitrogens is 6. The van der Waals surface area contributed by atoms with Crippen LogP contribution in [-0.2, 0) is 13.2 Å². The number of likely N-dealkylation sites (N-methyl/N-ethyl adjacent to an activating group) is 1. The number of hydrogen-bond donors (Lipinski definition) is 1. The van der Waals surface area contributed by atoms with Crippen LogP contribution in [0, 0.1) is 0 Å². The Morgan fingerprint density at radius 1 is 1.20 bits per heavy atom. The molecule has 0 aliphatic carbocycles. The molecule has 1 amide bonds. The van der Waals surface area contributed by atoms with Crippen LogP contribution < -0.4 is 5.32 Å². The van der Waals surface area contributed by atoms with Crippen LogP contribution in [-0.4, -0.2) is 60.8 Å². The van der Waals surface area contributed by atoms with E-state index in [0.29, 0.717) is 18.1 Å². The van der Waals surface area contributed by atoms with Crippen LogP contribution in [0.25, 0.3) is 0 Å². The van der Waals surface area contributed by atoms with Gasteiger partial charge in [0.05, 0.1) is 29.1 Å². The predicted molar refractivity (Wildman–Crippen MR) is 96.3 cm³/mol. The van der Waals surface area contributed by atoms with Crippen LogP contribution in [0.4, 0.5) is 5.69 Å². The molecule has 3 heterocycles. The summed E-state index contributed by atoms with van der Waals surface area (Å²) < 4.78 is 6.05. The van der Waals surface area contributed by atoms with Crippen molar-refractivity contribution in [2.45, 2.75) is 13.2 Å². The van der Waals surface area contributed by atoms with Gasteiger partial charge in [-0.15, -0.1) is 0 Å². The lowest BCUT2D eigenvalue weighted by Crippen LogP contribution is -2.18. The number of hydrogen-bond acceptors (Lipinski definition) is 5. The number of carbonyl (C=O) groups excluding carboxylic acids is 1. The Bertz CT molecular complexity index is 849. The first-order valence-corrected chi connectivity index (χ1v) is 8.49. The molecule has 132 valence electrons. The second-order valence-corrected chi connectivity index (χ2v) is 6.75. The molecule has 0 aromatic carbocycles. The van der Waals surface area contributed by atoms with E-state index in [4.69, 9.17) is 0 Å². The molecule has 1 N–H and O–H groups in total. The average molecular weight is 407 g/mol. The predicted octanol–water partition coefficient (Wildman–Crippen LogP) is 1.36. The minimum Gasteiger partial charge on any atom is -0.318 e. The van der Waals surface area contributed by atoms with Gasteiger partial charge in [0, 0.05) is 25.1 Å². The van der Waals surface area contributed by atoms with Gasteiger partial charge in [-0.2, -0.15) is 15.3 Å². The molecule has 0 bridgehead atoms. The number of amides is 1. The fraction of sp³-hybridized carbons (Fsp3) is 0.333. The average Bonchev–Trinajstić information content (AvgIpc) is 3.28. The summed E-state index contributed by atoms with van der Waals surface area (Å²) in [4.78, 5) is 14.4. The molecule has 0 radical (unpaired) electrons. The van der Waals surface area contributed by atoms with Crippen molar-refractivity contribution >= 4 is 27.5 Å². The summed E-state index contributed by atoms with van der Waals surface area (Å²) in [7, 11) is 4.01. The standard InChI is InChI=1S/C15H19BrN8O/c1-21(2)5-6-22-10-13(8-18-22)19-15(25)14-3-4-23(20-14)11-24-9-12(16)7-17-24/h3-4,7-10H,5-6,11H2,1-2H3,(H,19,25). The first-order valence-electron chi connectivity index (χ1n) is 7.69. The largest absolute Gasteiger partial charge is 0.318 e. The van der Waals surface area contributed by atoms with Gasteiger partial charge in [-0.25, -0.2) is 4.68 Å². The number of carbonyl (C=O) groups is 1. The molecule has 9 nitrogen and oxygen atoms in total. The maximum absolute atomic E-state index is 12.3. The third-order valence-corrected chi connectivity index (χ3v) is 3.84. The molecule has 25 heavy (non-hydrogen) atoms. The van der Waals surface area contributed by atoms with Crippen molar-refractivity contribution in [2.24, 2.45) is 0 Å². The Labute approximate surface area is 153 Å². The Hall–Kier alpha value is -2.46. The summed E-state index contributed by atoms with van der Waals surface area (Å²) >= 11 is 3.34. The van der Waals surface area contributed by atoms with Gasteiger partial charge in [-0.3, -0.25) is 14.2 Å². The van der Waals surface area contributed by atoms with Crippen LogP contribution >= 0.6 is 15.9 Å². The van der Waals surface area contributed by atoms with E-state index in [0.717, 1.165) is 17.6 Å². The zero-order valence-electron chi connectivity index (χ0n) is 14.0. The van der Waals surface area contributed by atoms with Crippen molar-refractivity contribution in [1.82, 2.24) is 34.2 Å². The number of halogens is 1. The third-order valence-electron chi connectivity index (χ3n) is 3.43. The summed E-state index contributed by atoms with van der Waals surface area (Å²) in [5, 5.41) is 15.5. The van der Waals surface area contributed by atoms with Crippen molar-refractivity contribution in [1.29, 1.82) is 0 Å². The molecule has 0 atom stereocenters. The van der Waals surface area contributed by atoms with Gasteiger partial charge < -0.3 is 10.2 Å². The highest BCUT2D eigenvalue weighted by molar-refractivity contribution is 9.10. The van der Waals surface area contributed by atoms with Crippen LogP contribution in [0.2, 0.25) is 0 Å². The van der Waals surface area contributed by atoms with E-state index in [9.17, 15) is 4.79 Å². The van der Waals surface area contributed by atoms with Crippen molar-refractivity contribution < 1.29 is 4.79 Å². The van der Waals surface area contributed by atoms with E-state index in [-0.39, 0.29) is 5.91 Å². The number of rotatable bonds is 7. The molecule has 3 aromatic heterocycles. The lowest BCUT2D eigenvalue weighted by atomic mass is 10.4.